The van der Waals surface area contributed by atoms with Gasteiger partial charge in [-0.15, -0.1) is 0 Å². The number of ketones is 2. The fourth-order valence-corrected chi connectivity index (χ4v) is 3.75. The third kappa shape index (κ3) is 4.54. The van der Waals surface area contributed by atoms with Gasteiger partial charge in [-0.25, -0.2) is 0 Å². The van der Waals surface area contributed by atoms with Crippen molar-refractivity contribution in [2.75, 3.05) is 0 Å². The van der Waals surface area contributed by atoms with E-state index in [-0.39, 0.29) is 11.6 Å². The summed E-state index contributed by atoms with van der Waals surface area (Å²) in [6, 6.07) is 30.8. The van der Waals surface area contributed by atoms with Gasteiger partial charge in [0, 0.05) is 22.3 Å². The molecule has 0 atom stereocenters. The van der Waals surface area contributed by atoms with Gasteiger partial charge in [0.05, 0.1) is 0 Å². The molecule has 152 valence electrons. The molecule has 4 rings (SSSR count). The van der Waals surface area contributed by atoms with E-state index in [0.29, 0.717) is 11.1 Å². The summed E-state index contributed by atoms with van der Waals surface area (Å²) in [5.41, 5.74) is 7.08. The summed E-state index contributed by atoms with van der Waals surface area (Å²) in [7, 11) is 0. The van der Waals surface area contributed by atoms with Gasteiger partial charge >= 0.3 is 0 Å². The van der Waals surface area contributed by atoms with Crippen LogP contribution >= 0.6 is 0 Å². The van der Waals surface area contributed by atoms with Gasteiger partial charge in [-0.3, -0.25) is 9.59 Å². The second kappa shape index (κ2) is 8.93. The largest absolute Gasteiger partial charge is 0.289 e. The Bertz CT molecular complexity index is 1130. The van der Waals surface area contributed by atoms with E-state index in [9.17, 15) is 9.59 Å². The molecule has 0 saturated heterocycles. The van der Waals surface area contributed by atoms with Crippen molar-refractivity contribution in [3.8, 4) is 0 Å². The quantitative estimate of drug-likeness (QED) is 0.351. The summed E-state index contributed by atoms with van der Waals surface area (Å²) in [4.78, 5) is 25.5. The Balaban J connectivity index is 1.46. The topological polar surface area (TPSA) is 34.1 Å². The highest BCUT2D eigenvalue weighted by molar-refractivity contribution is 6.10. The Morgan fingerprint density at radius 2 is 0.871 bits per heavy atom. The van der Waals surface area contributed by atoms with Crippen LogP contribution in [0.1, 0.15) is 54.1 Å². The van der Waals surface area contributed by atoms with Crippen LogP contribution in [-0.4, -0.2) is 11.6 Å². The van der Waals surface area contributed by atoms with Gasteiger partial charge in [0.2, 0.25) is 0 Å². The van der Waals surface area contributed by atoms with Crippen molar-refractivity contribution in [3.63, 3.8) is 0 Å². The van der Waals surface area contributed by atoms with E-state index >= 15 is 0 Å². The molecule has 0 aromatic heterocycles. The van der Waals surface area contributed by atoms with Gasteiger partial charge in [0.15, 0.2) is 11.6 Å². The molecule has 2 heteroatoms. The molecule has 0 amide bonds. The molecule has 0 aliphatic carbocycles. The van der Waals surface area contributed by atoms with Gasteiger partial charge in [-0.05, 0) is 42.5 Å². The van der Waals surface area contributed by atoms with Crippen molar-refractivity contribution in [3.05, 3.63) is 142 Å². The van der Waals surface area contributed by atoms with Crippen LogP contribution in [0, 0.1) is 13.8 Å². The molecule has 0 aliphatic heterocycles. The van der Waals surface area contributed by atoms with Crippen molar-refractivity contribution in [2.24, 2.45) is 0 Å². The number of carbonyl (C=O) groups is 2. The van der Waals surface area contributed by atoms with Crippen LogP contribution in [0.4, 0.5) is 0 Å². The molecule has 0 fully saturated rings. The summed E-state index contributed by atoms with van der Waals surface area (Å²) >= 11 is 0. The van der Waals surface area contributed by atoms with Crippen LogP contribution in [0.2, 0.25) is 0 Å². The highest BCUT2D eigenvalue weighted by Gasteiger charge is 2.12. The maximum atomic E-state index is 12.7. The molecule has 0 radical (unpaired) electrons. The van der Waals surface area contributed by atoms with E-state index in [2.05, 4.69) is 0 Å². The maximum Gasteiger partial charge on any atom is 0.193 e. The van der Waals surface area contributed by atoms with Crippen molar-refractivity contribution >= 4 is 11.6 Å². The lowest BCUT2D eigenvalue weighted by molar-refractivity contribution is 0.103. The standard InChI is InChI=1S/C29H24O2/c1-20-7-3-5-9-26(20)28(30)24-15-11-22(12-16-24)19-23-13-17-25(18-14-23)29(31)27-10-6-4-8-21(27)2/h3-18H,19H2,1-2H3. The predicted molar refractivity (Wildman–Crippen MR) is 125 cm³/mol. The first-order valence-electron chi connectivity index (χ1n) is 10.4. The molecule has 31 heavy (non-hydrogen) atoms. The van der Waals surface area contributed by atoms with Gasteiger partial charge in [-0.2, -0.15) is 0 Å². The SMILES string of the molecule is Cc1ccccc1C(=O)c1ccc(Cc2ccc(C(=O)c3ccccc3C)cc2)cc1. The van der Waals surface area contributed by atoms with Crippen LogP contribution in [0.3, 0.4) is 0 Å². The molecule has 0 saturated carbocycles. The normalized spacial score (nSPS) is 10.6. The molecule has 0 aliphatic rings. The second-order valence-corrected chi connectivity index (χ2v) is 7.86. The Morgan fingerprint density at radius 1 is 0.516 bits per heavy atom. The molecule has 0 bridgehead atoms. The molecule has 0 unspecified atom stereocenters. The molecule has 4 aromatic carbocycles. The van der Waals surface area contributed by atoms with Gasteiger partial charge in [0.25, 0.3) is 0 Å². The molecule has 4 aromatic rings. The Labute approximate surface area is 183 Å². The molecule has 2 nitrogen and oxygen atoms in total. The molecular formula is C29H24O2. The third-order valence-electron chi connectivity index (χ3n) is 5.62. The van der Waals surface area contributed by atoms with Crippen LogP contribution in [-0.2, 0) is 6.42 Å². The van der Waals surface area contributed by atoms with E-state index in [0.717, 1.165) is 39.8 Å². The van der Waals surface area contributed by atoms with Crippen LogP contribution in [0.5, 0.6) is 0 Å². The van der Waals surface area contributed by atoms with Gasteiger partial charge < -0.3 is 0 Å². The number of carbonyl (C=O) groups excluding carboxylic acids is 2. The lowest BCUT2D eigenvalue weighted by Gasteiger charge is -2.08. The van der Waals surface area contributed by atoms with E-state index in [4.69, 9.17) is 0 Å². The van der Waals surface area contributed by atoms with Gasteiger partial charge in [0.1, 0.15) is 0 Å². The number of hydrogen-bond acceptors (Lipinski definition) is 2. The number of hydrogen-bond donors (Lipinski definition) is 0. The summed E-state index contributed by atoms with van der Waals surface area (Å²) in [6.07, 6.45) is 0.748. The first kappa shape index (κ1) is 20.5. The van der Waals surface area contributed by atoms with Crippen molar-refractivity contribution < 1.29 is 9.59 Å². The summed E-state index contributed by atoms with van der Waals surface area (Å²) in [6.45, 7) is 3.91. The van der Waals surface area contributed by atoms with E-state index in [1.807, 2.05) is 111 Å². The lowest BCUT2D eigenvalue weighted by Crippen LogP contribution is -2.04. The first-order valence-corrected chi connectivity index (χ1v) is 10.4. The van der Waals surface area contributed by atoms with Gasteiger partial charge in [-0.1, -0.05) is 97.1 Å². The minimum absolute atomic E-state index is 0.0451. The first-order chi connectivity index (χ1) is 15.0. The summed E-state index contributed by atoms with van der Waals surface area (Å²) in [5.74, 6) is 0.0902. The second-order valence-electron chi connectivity index (χ2n) is 7.86. The van der Waals surface area contributed by atoms with E-state index in [1.165, 1.54) is 0 Å². The summed E-state index contributed by atoms with van der Waals surface area (Å²) in [5, 5.41) is 0. The Kier molecular flexibility index (Phi) is 5.90. The molecular weight excluding hydrogens is 380 g/mol. The van der Waals surface area contributed by atoms with Crippen molar-refractivity contribution in [1.29, 1.82) is 0 Å². The van der Waals surface area contributed by atoms with Crippen molar-refractivity contribution in [1.82, 2.24) is 0 Å². The fraction of sp³-hybridized carbons (Fsp3) is 0.103. The zero-order chi connectivity index (χ0) is 21.8. The monoisotopic (exact) mass is 404 g/mol. The number of benzene rings is 4. The zero-order valence-corrected chi connectivity index (χ0v) is 17.8. The van der Waals surface area contributed by atoms with E-state index < -0.39 is 0 Å². The molecule has 0 heterocycles. The third-order valence-corrected chi connectivity index (χ3v) is 5.62. The van der Waals surface area contributed by atoms with Crippen molar-refractivity contribution in [2.45, 2.75) is 20.3 Å². The smallest absolute Gasteiger partial charge is 0.193 e. The predicted octanol–water partition coefficient (Wildman–Crippen LogP) is 6.36. The van der Waals surface area contributed by atoms with Crippen LogP contribution in [0.15, 0.2) is 97.1 Å². The average Bonchev–Trinajstić information content (AvgIpc) is 2.80. The number of aryl methyl sites for hydroxylation is 2. The van der Waals surface area contributed by atoms with Crippen LogP contribution in [0.25, 0.3) is 0 Å². The minimum Gasteiger partial charge on any atom is -0.289 e. The average molecular weight is 405 g/mol. The lowest BCUT2D eigenvalue weighted by atomic mass is 9.95. The highest BCUT2D eigenvalue weighted by Crippen LogP contribution is 2.18. The minimum atomic E-state index is 0.0451. The molecule has 0 spiro atoms. The fourth-order valence-electron chi connectivity index (χ4n) is 3.75. The Hall–Kier alpha value is -3.78. The molecule has 0 N–H and O–H groups in total. The maximum absolute atomic E-state index is 12.7. The zero-order valence-electron chi connectivity index (χ0n) is 17.8. The van der Waals surface area contributed by atoms with Crippen LogP contribution < -0.4 is 0 Å². The number of rotatable bonds is 6. The van der Waals surface area contributed by atoms with E-state index in [1.54, 1.807) is 0 Å². The summed E-state index contributed by atoms with van der Waals surface area (Å²) < 4.78 is 0. The highest BCUT2D eigenvalue weighted by atomic mass is 16.1. The Morgan fingerprint density at radius 3 is 1.23 bits per heavy atom.